The highest BCUT2D eigenvalue weighted by atomic mass is 16.5. The number of methoxy groups -OCH3 is 1. The van der Waals surface area contributed by atoms with Crippen molar-refractivity contribution in [3.05, 3.63) is 72.3 Å². The molecule has 1 saturated heterocycles. The first-order valence-electron chi connectivity index (χ1n) is 10.4. The third-order valence-electron chi connectivity index (χ3n) is 5.11. The zero-order valence-electron chi connectivity index (χ0n) is 17.6. The minimum Gasteiger partial charge on any atom is -0.493 e. The van der Waals surface area contributed by atoms with Crippen LogP contribution < -0.4 is 14.8 Å². The Morgan fingerprint density at radius 2 is 1.90 bits per heavy atom. The van der Waals surface area contributed by atoms with Gasteiger partial charge in [0.2, 0.25) is 5.91 Å². The van der Waals surface area contributed by atoms with E-state index in [-0.39, 0.29) is 5.91 Å². The Balaban J connectivity index is 1.51. The topological polar surface area (TPSA) is 50.8 Å². The number of nitrogens with one attached hydrogen (secondary N) is 1. The van der Waals surface area contributed by atoms with E-state index in [1.165, 1.54) is 37.6 Å². The smallest absolute Gasteiger partial charge is 0.248 e. The van der Waals surface area contributed by atoms with Crippen LogP contribution >= 0.6 is 0 Å². The molecule has 0 atom stereocenters. The van der Waals surface area contributed by atoms with Crippen LogP contribution in [0.4, 0.5) is 5.69 Å². The molecule has 158 valence electrons. The summed E-state index contributed by atoms with van der Waals surface area (Å²) in [4.78, 5) is 14.8. The van der Waals surface area contributed by atoms with Crippen molar-refractivity contribution in [2.24, 2.45) is 0 Å². The van der Waals surface area contributed by atoms with E-state index in [2.05, 4.69) is 28.9 Å². The second kappa shape index (κ2) is 11.2. The Kier molecular flexibility index (Phi) is 8.10. The summed E-state index contributed by atoms with van der Waals surface area (Å²) in [5.41, 5.74) is 2.94. The van der Waals surface area contributed by atoms with E-state index in [1.54, 1.807) is 19.3 Å². The minimum atomic E-state index is -0.175. The van der Waals surface area contributed by atoms with Crippen LogP contribution in [0, 0.1) is 0 Å². The molecule has 2 aromatic rings. The quantitative estimate of drug-likeness (QED) is 0.465. The summed E-state index contributed by atoms with van der Waals surface area (Å²) >= 11 is 0. The fourth-order valence-electron chi connectivity index (χ4n) is 3.46. The van der Waals surface area contributed by atoms with Gasteiger partial charge >= 0.3 is 0 Å². The van der Waals surface area contributed by atoms with E-state index >= 15 is 0 Å². The zero-order chi connectivity index (χ0) is 21.2. The van der Waals surface area contributed by atoms with Crippen LogP contribution in [0.25, 0.3) is 6.08 Å². The molecule has 1 heterocycles. The van der Waals surface area contributed by atoms with Gasteiger partial charge in [-0.25, -0.2) is 0 Å². The average molecular weight is 407 g/mol. The number of benzene rings is 2. The first-order chi connectivity index (χ1) is 14.7. The summed E-state index contributed by atoms with van der Waals surface area (Å²) in [7, 11) is 1.59. The second-order valence-electron chi connectivity index (χ2n) is 7.33. The zero-order valence-corrected chi connectivity index (χ0v) is 17.6. The molecule has 2 aromatic carbocycles. The number of ether oxygens (including phenoxy) is 2. The number of rotatable bonds is 10. The van der Waals surface area contributed by atoms with Crippen LogP contribution in [0.5, 0.6) is 11.5 Å². The van der Waals surface area contributed by atoms with Gasteiger partial charge in [-0.2, -0.15) is 0 Å². The van der Waals surface area contributed by atoms with Crippen molar-refractivity contribution in [2.45, 2.75) is 19.3 Å². The highest BCUT2D eigenvalue weighted by molar-refractivity contribution is 6.01. The van der Waals surface area contributed by atoms with Crippen LogP contribution in [0.2, 0.25) is 0 Å². The largest absolute Gasteiger partial charge is 0.493 e. The van der Waals surface area contributed by atoms with Gasteiger partial charge in [0.1, 0.15) is 6.61 Å². The molecule has 0 aromatic heterocycles. The maximum atomic E-state index is 12.3. The van der Waals surface area contributed by atoms with E-state index in [0.717, 1.165) is 24.2 Å². The fraction of sp³-hybridized carbons (Fsp3) is 0.320. The van der Waals surface area contributed by atoms with Crippen molar-refractivity contribution in [2.75, 3.05) is 38.7 Å². The predicted octanol–water partition coefficient (Wildman–Crippen LogP) is 4.55. The summed E-state index contributed by atoms with van der Waals surface area (Å²) < 4.78 is 10.9. The summed E-state index contributed by atoms with van der Waals surface area (Å²) in [6, 6.07) is 13.6. The molecule has 1 fully saturated rings. The van der Waals surface area contributed by atoms with E-state index in [0.29, 0.717) is 18.1 Å². The molecule has 3 rings (SSSR count). The highest BCUT2D eigenvalue weighted by Gasteiger charge is 2.10. The standard InChI is InChI=1S/C25H30N2O3/c1-3-18-30-23-12-8-21(19-24(23)29-2)9-13-25(28)26-22-10-6-20(7-11-22)14-17-27-15-4-5-16-27/h3,6-13,19H,1,4-5,14-18H2,2H3,(H,26,28)/b13-9+. The van der Waals surface area contributed by atoms with Crippen molar-refractivity contribution in [3.63, 3.8) is 0 Å². The Morgan fingerprint density at radius 3 is 2.60 bits per heavy atom. The normalized spacial score (nSPS) is 14.0. The van der Waals surface area contributed by atoms with Gasteiger partial charge in [0.05, 0.1) is 7.11 Å². The Hall–Kier alpha value is -3.05. The van der Waals surface area contributed by atoms with E-state index in [1.807, 2.05) is 30.3 Å². The van der Waals surface area contributed by atoms with Crippen molar-refractivity contribution < 1.29 is 14.3 Å². The molecule has 0 spiro atoms. The number of hydrogen-bond donors (Lipinski definition) is 1. The number of anilines is 1. The Morgan fingerprint density at radius 1 is 1.13 bits per heavy atom. The van der Waals surface area contributed by atoms with Crippen molar-refractivity contribution in [3.8, 4) is 11.5 Å². The molecule has 0 saturated carbocycles. The predicted molar refractivity (Wildman–Crippen MR) is 122 cm³/mol. The van der Waals surface area contributed by atoms with Crippen LogP contribution in [0.15, 0.2) is 61.2 Å². The minimum absolute atomic E-state index is 0.175. The molecule has 5 heteroatoms. The third kappa shape index (κ3) is 6.49. The van der Waals surface area contributed by atoms with Gasteiger partial charge in [-0.1, -0.05) is 30.9 Å². The molecule has 0 unspecified atom stereocenters. The lowest BCUT2D eigenvalue weighted by Crippen LogP contribution is -2.21. The van der Waals surface area contributed by atoms with E-state index in [4.69, 9.17) is 9.47 Å². The SMILES string of the molecule is C=CCOc1ccc(/C=C/C(=O)Nc2ccc(CCN3CCCC3)cc2)cc1OC. The average Bonchev–Trinajstić information content (AvgIpc) is 3.29. The summed E-state index contributed by atoms with van der Waals surface area (Å²) in [5, 5.41) is 2.90. The molecule has 5 nitrogen and oxygen atoms in total. The fourth-order valence-corrected chi connectivity index (χ4v) is 3.46. The van der Waals surface area contributed by atoms with E-state index in [9.17, 15) is 4.79 Å². The number of nitrogens with zero attached hydrogens (tertiary/aromatic N) is 1. The molecule has 1 amide bonds. The maximum absolute atomic E-state index is 12.3. The molecule has 0 radical (unpaired) electrons. The molecule has 30 heavy (non-hydrogen) atoms. The summed E-state index contributed by atoms with van der Waals surface area (Å²) in [6.07, 6.45) is 8.62. The molecule has 1 aliphatic rings. The van der Waals surface area contributed by atoms with Crippen LogP contribution in [-0.4, -0.2) is 44.2 Å². The van der Waals surface area contributed by atoms with Crippen molar-refractivity contribution in [1.82, 2.24) is 4.90 Å². The van der Waals surface area contributed by atoms with Crippen LogP contribution in [-0.2, 0) is 11.2 Å². The number of likely N-dealkylation sites (tertiary alicyclic amines) is 1. The van der Waals surface area contributed by atoms with Gasteiger partial charge in [0, 0.05) is 18.3 Å². The van der Waals surface area contributed by atoms with Gasteiger partial charge in [-0.3, -0.25) is 4.79 Å². The van der Waals surface area contributed by atoms with Crippen molar-refractivity contribution in [1.29, 1.82) is 0 Å². The highest BCUT2D eigenvalue weighted by Crippen LogP contribution is 2.28. The second-order valence-corrected chi connectivity index (χ2v) is 7.33. The van der Waals surface area contributed by atoms with Crippen molar-refractivity contribution >= 4 is 17.7 Å². The molecule has 1 aliphatic heterocycles. The number of carbonyl (C=O) groups is 1. The molecular weight excluding hydrogens is 376 g/mol. The maximum Gasteiger partial charge on any atom is 0.248 e. The molecule has 0 bridgehead atoms. The lowest BCUT2D eigenvalue weighted by atomic mass is 10.1. The van der Waals surface area contributed by atoms with Crippen LogP contribution in [0.1, 0.15) is 24.0 Å². The molecule has 1 N–H and O–H groups in total. The Bertz CT molecular complexity index is 868. The first-order valence-corrected chi connectivity index (χ1v) is 10.4. The van der Waals surface area contributed by atoms with Gasteiger partial charge in [0.25, 0.3) is 0 Å². The lowest BCUT2D eigenvalue weighted by molar-refractivity contribution is -0.111. The summed E-state index contributed by atoms with van der Waals surface area (Å²) in [6.45, 7) is 7.59. The third-order valence-corrected chi connectivity index (χ3v) is 5.11. The van der Waals surface area contributed by atoms with Crippen LogP contribution in [0.3, 0.4) is 0 Å². The monoisotopic (exact) mass is 406 g/mol. The number of carbonyl (C=O) groups excluding carboxylic acids is 1. The first kappa shape index (κ1) is 21.7. The van der Waals surface area contributed by atoms with Gasteiger partial charge in [-0.05, 0) is 73.8 Å². The molecule has 0 aliphatic carbocycles. The Labute approximate surface area is 179 Å². The number of amides is 1. The van der Waals surface area contributed by atoms with Gasteiger partial charge < -0.3 is 19.7 Å². The lowest BCUT2D eigenvalue weighted by Gasteiger charge is -2.14. The number of hydrogen-bond acceptors (Lipinski definition) is 4. The summed E-state index contributed by atoms with van der Waals surface area (Å²) in [5.74, 6) is 1.08. The van der Waals surface area contributed by atoms with E-state index < -0.39 is 0 Å². The van der Waals surface area contributed by atoms with Gasteiger partial charge in [0.15, 0.2) is 11.5 Å². The molecular formula is C25H30N2O3. The van der Waals surface area contributed by atoms with Gasteiger partial charge in [-0.15, -0.1) is 0 Å².